The standard InChI is InChI=1S/C15H15F3N2O/c16-10-3-4-11(17)14(18)13(10)15(12-2-1-9-21-12)20-7-5-19-6-8-20/h1-4,9,15,19H,5-8H2/t15-/m0/s1. The number of rotatable bonds is 3. The summed E-state index contributed by atoms with van der Waals surface area (Å²) in [7, 11) is 0. The van der Waals surface area contributed by atoms with Crippen LogP contribution in [0.3, 0.4) is 0 Å². The van der Waals surface area contributed by atoms with Crippen LogP contribution in [0.5, 0.6) is 0 Å². The molecule has 21 heavy (non-hydrogen) atoms. The highest BCUT2D eigenvalue weighted by molar-refractivity contribution is 5.30. The van der Waals surface area contributed by atoms with Gasteiger partial charge in [0.15, 0.2) is 11.6 Å². The summed E-state index contributed by atoms with van der Waals surface area (Å²) in [6.07, 6.45) is 1.44. The zero-order valence-corrected chi connectivity index (χ0v) is 11.3. The molecule has 1 aromatic heterocycles. The molecule has 1 atom stereocenters. The molecule has 0 radical (unpaired) electrons. The van der Waals surface area contributed by atoms with Crippen molar-refractivity contribution in [2.45, 2.75) is 6.04 Å². The van der Waals surface area contributed by atoms with Crippen LogP contribution in [-0.4, -0.2) is 31.1 Å². The third-order valence-corrected chi connectivity index (χ3v) is 3.68. The van der Waals surface area contributed by atoms with Crippen LogP contribution in [0.15, 0.2) is 34.9 Å². The monoisotopic (exact) mass is 296 g/mol. The molecule has 2 heterocycles. The Bertz CT molecular complexity index is 610. The molecule has 0 unspecified atom stereocenters. The average molecular weight is 296 g/mol. The van der Waals surface area contributed by atoms with E-state index in [4.69, 9.17) is 4.42 Å². The molecule has 1 N–H and O–H groups in total. The van der Waals surface area contributed by atoms with Gasteiger partial charge in [0.05, 0.1) is 17.9 Å². The van der Waals surface area contributed by atoms with Crippen molar-refractivity contribution in [2.75, 3.05) is 26.2 Å². The molecule has 0 aliphatic carbocycles. The van der Waals surface area contributed by atoms with E-state index >= 15 is 0 Å². The van der Waals surface area contributed by atoms with Crippen molar-refractivity contribution in [3.8, 4) is 0 Å². The van der Waals surface area contributed by atoms with Crippen molar-refractivity contribution >= 4 is 0 Å². The van der Waals surface area contributed by atoms with Crippen LogP contribution in [0, 0.1) is 17.5 Å². The van der Waals surface area contributed by atoms with Crippen molar-refractivity contribution in [3.63, 3.8) is 0 Å². The Labute approximate surface area is 120 Å². The van der Waals surface area contributed by atoms with Crippen molar-refractivity contribution in [2.24, 2.45) is 0 Å². The first-order valence-corrected chi connectivity index (χ1v) is 6.80. The molecule has 0 bridgehead atoms. The van der Waals surface area contributed by atoms with Gasteiger partial charge in [0.1, 0.15) is 11.6 Å². The van der Waals surface area contributed by atoms with E-state index in [1.54, 1.807) is 12.1 Å². The lowest BCUT2D eigenvalue weighted by Crippen LogP contribution is -2.45. The molecule has 3 nitrogen and oxygen atoms in total. The van der Waals surface area contributed by atoms with Crippen molar-refractivity contribution in [1.29, 1.82) is 0 Å². The fraction of sp³-hybridized carbons (Fsp3) is 0.333. The zero-order valence-electron chi connectivity index (χ0n) is 11.3. The summed E-state index contributed by atoms with van der Waals surface area (Å²) in [6.45, 7) is 2.60. The van der Waals surface area contributed by atoms with Gasteiger partial charge in [-0.05, 0) is 24.3 Å². The maximum Gasteiger partial charge on any atom is 0.167 e. The Morgan fingerprint density at radius 2 is 1.76 bits per heavy atom. The molecule has 1 aromatic carbocycles. The van der Waals surface area contributed by atoms with Crippen molar-refractivity contribution < 1.29 is 17.6 Å². The highest BCUT2D eigenvalue weighted by atomic mass is 19.2. The minimum atomic E-state index is -1.16. The molecule has 2 aromatic rings. The first-order chi connectivity index (χ1) is 10.2. The van der Waals surface area contributed by atoms with Gasteiger partial charge in [-0.2, -0.15) is 0 Å². The van der Waals surface area contributed by atoms with Crippen molar-refractivity contribution in [1.82, 2.24) is 10.2 Å². The Morgan fingerprint density at radius 1 is 1.05 bits per heavy atom. The maximum atomic E-state index is 14.2. The predicted octanol–water partition coefficient (Wildman–Crippen LogP) is 2.69. The number of hydrogen-bond acceptors (Lipinski definition) is 3. The van der Waals surface area contributed by atoms with Gasteiger partial charge in [0, 0.05) is 26.2 Å². The number of hydrogen-bond donors (Lipinski definition) is 1. The van der Waals surface area contributed by atoms with E-state index < -0.39 is 23.5 Å². The van der Waals surface area contributed by atoms with Gasteiger partial charge < -0.3 is 9.73 Å². The predicted molar refractivity (Wildman–Crippen MR) is 71.3 cm³/mol. The lowest BCUT2D eigenvalue weighted by atomic mass is 10.00. The highest BCUT2D eigenvalue weighted by Gasteiger charge is 2.32. The van der Waals surface area contributed by atoms with Crippen LogP contribution in [0.4, 0.5) is 13.2 Å². The van der Waals surface area contributed by atoms with E-state index in [1.807, 2.05) is 4.90 Å². The molecule has 0 amide bonds. The number of nitrogens with one attached hydrogen (secondary N) is 1. The molecular weight excluding hydrogens is 281 g/mol. The summed E-state index contributed by atoms with van der Waals surface area (Å²) in [4.78, 5) is 1.89. The zero-order chi connectivity index (χ0) is 14.8. The Balaban J connectivity index is 2.09. The summed E-state index contributed by atoms with van der Waals surface area (Å²) in [6, 6.07) is 4.28. The highest BCUT2D eigenvalue weighted by Crippen LogP contribution is 2.33. The molecule has 1 fully saturated rings. The normalized spacial score (nSPS) is 17.9. The fourth-order valence-electron chi connectivity index (χ4n) is 2.69. The van der Waals surface area contributed by atoms with E-state index in [0.29, 0.717) is 31.9 Å². The third-order valence-electron chi connectivity index (χ3n) is 3.68. The molecular formula is C15H15F3N2O. The Hall–Kier alpha value is -1.79. The largest absolute Gasteiger partial charge is 0.467 e. The second kappa shape index (κ2) is 5.91. The first-order valence-electron chi connectivity index (χ1n) is 6.80. The van der Waals surface area contributed by atoms with E-state index in [1.165, 1.54) is 6.26 Å². The van der Waals surface area contributed by atoms with Gasteiger partial charge >= 0.3 is 0 Å². The molecule has 6 heteroatoms. The van der Waals surface area contributed by atoms with Crippen LogP contribution >= 0.6 is 0 Å². The van der Waals surface area contributed by atoms with Crippen LogP contribution < -0.4 is 5.32 Å². The third kappa shape index (κ3) is 2.69. The molecule has 0 saturated carbocycles. The SMILES string of the molecule is Fc1ccc(F)c([C@H](c2ccco2)N2CCNCC2)c1F. The smallest absolute Gasteiger partial charge is 0.167 e. The van der Waals surface area contributed by atoms with Crippen LogP contribution in [0.2, 0.25) is 0 Å². The van der Waals surface area contributed by atoms with Crippen LogP contribution in [0.1, 0.15) is 17.4 Å². The number of halogens is 3. The molecule has 1 aliphatic rings. The van der Waals surface area contributed by atoms with Gasteiger partial charge in [0.2, 0.25) is 0 Å². The minimum absolute atomic E-state index is 0.299. The van der Waals surface area contributed by atoms with E-state index in [2.05, 4.69) is 5.32 Å². The average Bonchev–Trinajstić information content (AvgIpc) is 3.02. The number of furan rings is 1. The second-order valence-electron chi connectivity index (χ2n) is 4.96. The fourth-order valence-corrected chi connectivity index (χ4v) is 2.69. The van der Waals surface area contributed by atoms with E-state index in [-0.39, 0.29) is 5.56 Å². The lowest BCUT2D eigenvalue weighted by molar-refractivity contribution is 0.173. The maximum absolute atomic E-state index is 14.2. The number of benzene rings is 1. The summed E-state index contributed by atoms with van der Waals surface area (Å²) in [5.41, 5.74) is -0.299. The Kier molecular flexibility index (Phi) is 3.98. The van der Waals surface area contributed by atoms with Crippen LogP contribution in [-0.2, 0) is 0 Å². The van der Waals surface area contributed by atoms with Gasteiger partial charge in [-0.15, -0.1) is 0 Å². The summed E-state index contributed by atoms with van der Waals surface area (Å²) < 4.78 is 47.2. The van der Waals surface area contributed by atoms with E-state index in [0.717, 1.165) is 12.1 Å². The van der Waals surface area contributed by atoms with E-state index in [9.17, 15) is 13.2 Å². The molecule has 112 valence electrons. The first kappa shape index (κ1) is 14.2. The van der Waals surface area contributed by atoms with Crippen LogP contribution in [0.25, 0.3) is 0 Å². The Morgan fingerprint density at radius 3 is 2.43 bits per heavy atom. The topological polar surface area (TPSA) is 28.4 Å². The van der Waals surface area contributed by atoms with Gasteiger partial charge in [-0.25, -0.2) is 13.2 Å². The molecule has 1 saturated heterocycles. The number of nitrogens with zero attached hydrogens (tertiary/aromatic N) is 1. The molecule has 3 rings (SSSR count). The quantitative estimate of drug-likeness (QED) is 0.883. The van der Waals surface area contributed by atoms with Gasteiger partial charge in [0.25, 0.3) is 0 Å². The molecule has 1 aliphatic heterocycles. The summed E-state index contributed by atoms with van der Waals surface area (Å²) >= 11 is 0. The van der Waals surface area contributed by atoms with Gasteiger partial charge in [-0.3, -0.25) is 4.90 Å². The molecule has 0 spiro atoms. The second-order valence-corrected chi connectivity index (χ2v) is 4.96. The summed E-state index contributed by atoms with van der Waals surface area (Å²) in [5.74, 6) is -2.58. The lowest BCUT2D eigenvalue weighted by Gasteiger charge is -2.34. The number of piperazine rings is 1. The minimum Gasteiger partial charge on any atom is -0.467 e. The van der Waals surface area contributed by atoms with Gasteiger partial charge in [-0.1, -0.05) is 0 Å². The summed E-state index contributed by atoms with van der Waals surface area (Å²) in [5, 5.41) is 3.17. The van der Waals surface area contributed by atoms with Crippen molar-refractivity contribution in [3.05, 3.63) is 59.3 Å².